The summed E-state index contributed by atoms with van der Waals surface area (Å²) in [7, 11) is 0. The van der Waals surface area contributed by atoms with Crippen LogP contribution in [0.15, 0.2) is 126 Å². The Kier molecular flexibility index (Phi) is 6.85. The molecule has 1 aromatic heterocycles. The van der Waals surface area contributed by atoms with E-state index in [0.717, 1.165) is 27.8 Å². The second-order valence-electron chi connectivity index (χ2n) is 8.51. The Morgan fingerprint density at radius 1 is 0.514 bits per heavy atom. The molecule has 172 valence electrons. The van der Waals surface area contributed by atoms with Gasteiger partial charge in [-0.2, -0.15) is 0 Å². The third-order valence-corrected chi connectivity index (χ3v) is 6.78. The van der Waals surface area contributed by atoms with Crippen molar-refractivity contribution in [3.63, 3.8) is 0 Å². The fourth-order valence-corrected chi connectivity index (χ4v) is 4.88. The first kappa shape index (κ1) is 23.2. The molecule has 5 rings (SSSR count). The summed E-state index contributed by atoms with van der Waals surface area (Å²) in [6.07, 6.45) is 1.82. The summed E-state index contributed by atoms with van der Waals surface area (Å²) in [5.74, 6) is -0.301. The fourth-order valence-electron chi connectivity index (χ4n) is 4.63. The number of aromatic amines is 1. The summed E-state index contributed by atoms with van der Waals surface area (Å²) < 4.78 is 0. The lowest BCUT2D eigenvalue weighted by atomic mass is 9.82. The van der Waals surface area contributed by atoms with E-state index in [2.05, 4.69) is 29.2 Å². The van der Waals surface area contributed by atoms with Crippen molar-refractivity contribution in [2.45, 2.75) is 11.8 Å². The summed E-state index contributed by atoms with van der Waals surface area (Å²) in [6.45, 7) is 0. The van der Waals surface area contributed by atoms with Crippen molar-refractivity contribution in [2.24, 2.45) is 0 Å². The second kappa shape index (κ2) is 10.4. The lowest BCUT2D eigenvalue weighted by Gasteiger charge is -2.22. The van der Waals surface area contributed by atoms with E-state index in [1.807, 2.05) is 97.2 Å². The maximum Gasteiger partial charge on any atom is 0.252 e. The van der Waals surface area contributed by atoms with Crippen LogP contribution in [0.1, 0.15) is 45.2 Å². The largest absolute Gasteiger partial charge is 0.329 e. The van der Waals surface area contributed by atoms with Gasteiger partial charge in [0.25, 0.3) is 5.56 Å². The van der Waals surface area contributed by atoms with Crippen LogP contribution in [0.3, 0.4) is 0 Å². The second-order valence-corrected chi connectivity index (χ2v) is 9.38. The maximum atomic E-state index is 13.3. The molecule has 2 nitrogen and oxygen atoms in total. The molecule has 0 bridgehead atoms. The monoisotopic (exact) mass is 495 g/mol. The highest BCUT2D eigenvalue weighted by molar-refractivity contribution is 6.30. The summed E-state index contributed by atoms with van der Waals surface area (Å²) in [5.41, 5.74) is 5.86. The smallest absolute Gasteiger partial charge is 0.252 e. The van der Waals surface area contributed by atoms with Crippen LogP contribution in [0, 0.1) is 0 Å². The van der Waals surface area contributed by atoms with Gasteiger partial charge in [0.1, 0.15) is 0 Å². The lowest BCUT2D eigenvalue weighted by Crippen LogP contribution is -2.19. The van der Waals surface area contributed by atoms with Gasteiger partial charge in [-0.05, 0) is 58.1 Å². The van der Waals surface area contributed by atoms with Gasteiger partial charge in [0.2, 0.25) is 0 Å². The zero-order chi connectivity index (χ0) is 24.2. The van der Waals surface area contributed by atoms with Crippen LogP contribution in [0.5, 0.6) is 0 Å². The molecule has 0 saturated heterocycles. The normalized spacial score (nSPS) is 12.7. The molecule has 0 amide bonds. The van der Waals surface area contributed by atoms with Crippen molar-refractivity contribution in [3.05, 3.63) is 175 Å². The first-order chi connectivity index (χ1) is 17.1. The molecule has 2 atom stereocenters. The number of hydrogen-bond acceptors (Lipinski definition) is 1. The maximum absolute atomic E-state index is 13.3. The molecule has 0 fully saturated rings. The first-order valence-corrected chi connectivity index (χ1v) is 12.2. The average Bonchev–Trinajstić information content (AvgIpc) is 2.89. The number of aromatic nitrogens is 1. The van der Waals surface area contributed by atoms with Gasteiger partial charge in [-0.1, -0.05) is 108 Å². The SMILES string of the molecule is O=c1[nH]cc(C(c2ccccc2)c2ccc(Cl)cc2)cc1C(c1ccccc1)c1ccc(Cl)cc1. The van der Waals surface area contributed by atoms with E-state index >= 15 is 0 Å². The Labute approximate surface area is 214 Å². The molecule has 1 N–H and O–H groups in total. The Balaban J connectivity index is 1.70. The summed E-state index contributed by atoms with van der Waals surface area (Å²) >= 11 is 12.4. The number of benzene rings is 4. The fraction of sp³-hybridized carbons (Fsp3) is 0.0645. The third-order valence-electron chi connectivity index (χ3n) is 6.27. The van der Waals surface area contributed by atoms with Gasteiger partial charge in [-0.15, -0.1) is 0 Å². The molecule has 0 aliphatic rings. The van der Waals surface area contributed by atoms with Gasteiger partial charge < -0.3 is 4.98 Å². The van der Waals surface area contributed by atoms with Gasteiger partial charge in [0.15, 0.2) is 0 Å². The highest BCUT2D eigenvalue weighted by atomic mass is 35.5. The number of nitrogens with one attached hydrogen (secondary N) is 1. The summed E-state index contributed by atoms with van der Waals surface area (Å²) in [4.78, 5) is 16.3. The van der Waals surface area contributed by atoms with Crippen LogP contribution in [0.2, 0.25) is 10.0 Å². The Bertz CT molecular complexity index is 1460. The molecule has 0 spiro atoms. The molecule has 1 heterocycles. The van der Waals surface area contributed by atoms with Crippen molar-refractivity contribution in [1.82, 2.24) is 4.98 Å². The van der Waals surface area contributed by atoms with E-state index in [9.17, 15) is 4.79 Å². The van der Waals surface area contributed by atoms with Crippen LogP contribution in [-0.2, 0) is 0 Å². The molecule has 0 aliphatic carbocycles. The molecule has 4 aromatic carbocycles. The highest BCUT2D eigenvalue weighted by Gasteiger charge is 2.23. The van der Waals surface area contributed by atoms with Crippen LogP contribution >= 0.6 is 23.2 Å². The van der Waals surface area contributed by atoms with Gasteiger partial charge in [0.05, 0.1) is 0 Å². The minimum absolute atomic E-state index is 0.0642. The van der Waals surface area contributed by atoms with E-state index in [1.54, 1.807) is 0 Å². The van der Waals surface area contributed by atoms with Crippen molar-refractivity contribution in [3.8, 4) is 0 Å². The predicted octanol–water partition coefficient (Wildman–Crippen LogP) is 8.04. The molecule has 5 aromatic rings. The average molecular weight is 496 g/mol. The molecular formula is C31H23Cl2NO. The van der Waals surface area contributed by atoms with Gasteiger partial charge in [0, 0.05) is 33.6 Å². The standard InChI is InChI=1S/C31H23Cl2NO/c32-26-15-11-23(12-16-26)29(21-7-3-1-4-8-21)25-19-28(31(35)34-20-25)30(22-9-5-2-6-10-22)24-13-17-27(33)18-14-24/h1-20,29-30H,(H,34,35). The minimum atomic E-state index is -0.237. The Morgan fingerprint density at radius 3 is 1.46 bits per heavy atom. The van der Waals surface area contributed by atoms with E-state index in [4.69, 9.17) is 23.2 Å². The van der Waals surface area contributed by atoms with Crippen molar-refractivity contribution < 1.29 is 0 Å². The Hall–Kier alpha value is -3.59. The van der Waals surface area contributed by atoms with Crippen molar-refractivity contribution in [1.29, 1.82) is 0 Å². The molecule has 0 saturated carbocycles. The topological polar surface area (TPSA) is 32.9 Å². The van der Waals surface area contributed by atoms with Crippen LogP contribution in [0.4, 0.5) is 0 Å². The highest BCUT2D eigenvalue weighted by Crippen LogP contribution is 2.36. The minimum Gasteiger partial charge on any atom is -0.329 e. The predicted molar refractivity (Wildman–Crippen MR) is 145 cm³/mol. The molecule has 35 heavy (non-hydrogen) atoms. The first-order valence-electron chi connectivity index (χ1n) is 11.4. The van der Waals surface area contributed by atoms with E-state index in [1.165, 1.54) is 0 Å². The summed E-state index contributed by atoms with van der Waals surface area (Å²) in [5, 5.41) is 1.35. The van der Waals surface area contributed by atoms with Crippen LogP contribution in [-0.4, -0.2) is 4.98 Å². The van der Waals surface area contributed by atoms with Gasteiger partial charge >= 0.3 is 0 Å². The van der Waals surface area contributed by atoms with E-state index in [-0.39, 0.29) is 17.4 Å². The molecule has 0 aliphatic heterocycles. The number of hydrogen-bond donors (Lipinski definition) is 1. The van der Waals surface area contributed by atoms with Crippen molar-refractivity contribution >= 4 is 23.2 Å². The third kappa shape index (κ3) is 5.09. The number of pyridine rings is 1. The van der Waals surface area contributed by atoms with E-state index in [0.29, 0.717) is 15.6 Å². The molecule has 0 radical (unpaired) electrons. The van der Waals surface area contributed by atoms with E-state index < -0.39 is 0 Å². The van der Waals surface area contributed by atoms with Crippen LogP contribution in [0.25, 0.3) is 0 Å². The quantitative estimate of drug-likeness (QED) is 0.254. The number of rotatable bonds is 6. The van der Waals surface area contributed by atoms with Gasteiger partial charge in [-0.3, -0.25) is 4.79 Å². The summed E-state index contributed by atoms with van der Waals surface area (Å²) in [6, 6.07) is 38.0. The number of halogens is 2. The molecular weight excluding hydrogens is 473 g/mol. The lowest BCUT2D eigenvalue weighted by molar-refractivity contribution is 0.902. The molecule has 4 heteroatoms. The number of H-pyrrole nitrogens is 1. The zero-order valence-electron chi connectivity index (χ0n) is 18.9. The molecule has 2 unspecified atom stereocenters. The zero-order valence-corrected chi connectivity index (χ0v) is 20.4. The van der Waals surface area contributed by atoms with Crippen LogP contribution < -0.4 is 5.56 Å². The Morgan fingerprint density at radius 2 is 0.943 bits per heavy atom. The van der Waals surface area contributed by atoms with Crippen molar-refractivity contribution in [2.75, 3.05) is 0 Å². The van der Waals surface area contributed by atoms with Gasteiger partial charge in [-0.25, -0.2) is 0 Å².